The SMILES string of the molecule is CC(C)C(=O)COCCOCCOc1c(F)cc(C(C)C)cc1F. The monoisotopic (exact) mass is 344 g/mol. The lowest BCUT2D eigenvalue weighted by molar-refractivity contribution is -0.127. The first-order valence-electron chi connectivity index (χ1n) is 8.12. The summed E-state index contributed by atoms with van der Waals surface area (Å²) >= 11 is 0. The van der Waals surface area contributed by atoms with Crippen molar-refractivity contribution in [2.75, 3.05) is 33.0 Å². The molecule has 0 saturated heterocycles. The van der Waals surface area contributed by atoms with Crippen molar-refractivity contribution in [3.05, 3.63) is 29.3 Å². The predicted molar refractivity (Wildman–Crippen MR) is 87.4 cm³/mol. The van der Waals surface area contributed by atoms with Crippen LogP contribution >= 0.6 is 0 Å². The van der Waals surface area contributed by atoms with Crippen LogP contribution in [-0.4, -0.2) is 38.8 Å². The summed E-state index contributed by atoms with van der Waals surface area (Å²) in [5.41, 5.74) is 0.585. The Bertz CT molecular complexity index is 507. The van der Waals surface area contributed by atoms with Crippen molar-refractivity contribution in [2.45, 2.75) is 33.6 Å². The Morgan fingerprint density at radius 1 is 0.958 bits per heavy atom. The van der Waals surface area contributed by atoms with Gasteiger partial charge in [-0.15, -0.1) is 0 Å². The molecule has 1 rings (SSSR count). The van der Waals surface area contributed by atoms with Crippen molar-refractivity contribution in [1.29, 1.82) is 0 Å². The summed E-state index contributed by atoms with van der Waals surface area (Å²) in [4.78, 5) is 11.3. The lowest BCUT2D eigenvalue weighted by Crippen LogP contribution is -2.17. The fourth-order valence-electron chi connectivity index (χ4n) is 1.81. The number of Topliss-reactive ketones (excluding diaryl/α,β-unsaturated/α-hetero) is 1. The molecule has 0 spiro atoms. The summed E-state index contributed by atoms with van der Waals surface area (Å²) < 4.78 is 43.2. The lowest BCUT2D eigenvalue weighted by atomic mass is 10.0. The zero-order valence-corrected chi connectivity index (χ0v) is 14.7. The number of carbonyl (C=O) groups is 1. The van der Waals surface area contributed by atoms with Crippen LogP contribution in [0.2, 0.25) is 0 Å². The number of halogens is 2. The number of benzene rings is 1. The van der Waals surface area contributed by atoms with Gasteiger partial charge in [0.1, 0.15) is 13.2 Å². The largest absolute Gasteiger partial charge is 0.485 e. The van der Waals surface area contributed by atoms with Crippen LogP contribution in [-0.2, 0) is 14.3 Å². The van der Waals surface area contributed by atoms with E-state index in [9.17, 15) is 13.6 Å². The third-order valence-electron chi connectivity index (χ3n) is 3.42. The molecule has 0 saturated carbocycles. The molecule has 24 heavy (non-hydrogen) atoms. The van der Waals surface area contributed by atoms with Crippen LogP contribution in [0.4, 0.5) is 8.78 Å². The first-order valence-corrected chi connectivity index (χ1v) is 8.12. The third kappa shape index (κ3) is 6.93. The molecule has 0 amide bonds. The zero-order valence-electron chi connectivity index (χ0n) is 14.7. The molecule has 1 aromatic rings. The van der Waals surface area contributed by atoms with Gasteiger partial charge in [0.15, 0.2) is 23.2 Å². The summed E-state index contributed by atoms with van der Waals surface area (Å²) in [6.07, 6.45) is 0. The number of ether oxygens (including phenoxy) is 3. The van der Waals surface area contributed by atoms with Gasteiger partial charge in [-0.2, -0.15) is 0 Å². The smallest absolute Gasteiger partial charge is 0.190 e. The predicted octanol–water partition coefficient (Wildman–Crippen LogP) is 3.73. The summed E-state index contributed by atoms with van der Waals surface area (Å²) in [5, 5.41) is 0. The van der Waals surface area contributed by atoms with E-state index in [-0.39, 0.29) is 56.4 Å². The van der Waals surface area contributed by atoms with Crippen molar-refractivity contribution in [3.8, 4) is 5.75 Å². The Balaban J connectivity index is 2.23. The molecule has 0 aliphatic heterocycles. The maximum Gasteiger partial charge on any atom is 0.190 e. The van der Waals surface area contributed by atoms with E-state index in [1.165, 1.54) is 12.1 Å². The first kappa shape index (κ1) is 20.5. The van der Waals surface area contributed by atoms with Gasteiger partial charge in [0, 0.05) is 5.92 Å². The maximum atomic E-state index is 13.8. The highest BCUT2D eigenvalue weighted by atomic mass is 19.1. The molecule has 0 radical (unpaired) electrons. The van der Waals surface area contributed by atoms with E-state index >= 15 is 0 Å². The van der Waals surface area contributed by atoms with Crippen LogP contribution in [0.3, 0.4) is 0 Å². The molecule has 0 aliphatic rings. The van der Waals surface area contributed by atoms with E-state index in [0.29, 0.717) is 5.56 Å². The van der Waals surface area contributed by atoms with E-state index < -0.39 is 11.6 Å². The normalized spacial score (nSPS) is 11.3. The summed E-state index contributed by atoms with van der Waals surface area (Å²) in [6.45, 7) is 8.17. The highest BCUT2D eigenvalue weighted by Crippen LogP contribution is 2.26. The highest BCUT2D eigenvalue weighted by molar-refractivity contribution is 5.81. The second-order valence-corrected chi connectivity index (χ2v) is 6.10. The summed E-state index contributed by atoms with van der Waals surface area (Å²) in [6, 6.07) is 2.56. The molecular formula is C18H26F2O4. The maximum absolute atomic E-state index is 13.8. The molecule has 1 aromatic carbocycles. The van der Waals surface area contributed by atoms with E-state index in [0.717, 1.165) is 0 Å². The molecule has 4 nitrogen and oxygen atoms in total. The molecule has 0 bridgehead atoms. The quantitative estimate of drug-likeness (QED) is 0.574. The molecule has 0 unspecified atom stereocenters. The van der Waals surface area contributed by atoms with E-state index in [2.05, 4.69) is 0 Å². The van der Waals surface area contributed by atoms with Crippen molar-refractivity contribution >= 4 is 5.78 Å². The van der Waals surface area contributed by atoms with Gasteiger partial charge >= 0.3 is 0 Å². The minimum Gasteiger partial charge on any atom is -0.485 e. The average Bonchev–Trinajstić information content (AvgIpc) is 2.51. The number of hydrogen-bond donors (Lipinski definition) is 0. The Morgan fingerprint density at radius 3 is 2.04 bits per heavy atom. The molecule has 0 fully saturated rings. The van der Waals surface area contributed by atoms with Crippen molar-refractivity contribution in [1.82, 2.24) is 0 Å². The van der Waals surface area contributed by atoms with Crippen molar-refractivity contribution < 1.29 is 27.8 Å². The molecule has 0 atom stereocenters. The first-order chi connectivity index (χ1) is 11.3. The Morgan fingerprint density at radius 2 is 1.50 bits per heavy atom. The summed E-state index contributed by atoms with van der Waals surface area (Å²) in [5.74, 6) is -1.79. The van der Waals surface area contributed by atoms with E-state index in [4.69, 9.17) is 14.2 Å². The molecule has 0 heterocycles. The fraction of sp³-hybridized carbons (Fsp3) is 0.611. The van der Waals surface area contributed by atoms with E-state index in [1.807, 2.05) is 27.7 Å². The Labute approximate surface area is 142 Å². The second-order valence-electron chi connectivity index (χ2n) is 6.10. The fourth-order valence-corrected chi connectivity index (χ4v) is 1.81. The lowest BCUT2D eigenvalue weighted by Gasteiger charge is -2.12. The molecular weight excluding hydrogens is 318 g/mol. The van der Waals surface area contributed by atoms with Gasteiger partial charge in [0.05, 0.1) is 19.8 Å². The number of hydrogen-bond acceptors (Lipinski definition) is 4. The van der Waals surface area contributed by atoms with Crippen molar-refractivity contribution in [2.24, 2.45) is 5.92 Å². The van der Waals surface area contributed by atoms with Crippen LogP contribution in [0.25, 0.3) is 0 Å². The van der Waals surface area contributed by atoms with Crippen LogP contribution < -0.4 is 4.74 Å². The standard InChI is InChI=1S/C18H26F2O4/c1-12(2)14-9-15(19)18(16(20)10-14)24-8-7-22-5-6-23-11-17(21)13(3)4/h9-10,12-13H,5-8,11H2,1-4H3. The molecule has 0 aliphatic carbocycles. The molecule has 136 valence electrons. The number of rotatable bonds is 11. The molecule has 0 N–H and O–H groups in total. The van der Waals surface area contributed by atoms with Crippen LogP contribution in [0.1, 0.15) is 39.2 Å². The van der Waals surface area contributed by atoms with Gasteiger partial charge in [-0.25, -0.2) is 8.78 Å². The van der Waals surface area contributed by atoms with Gasteiger partial charge in [-0.05, 0) is 23.6 Å². The third-order valence-corrected chi connectivity index (χ3v) is 3.42. The zero-order chi connectivity index (χ0) is 18.1. The number of carbonyl (C=O) groups excluding carboxylic acids is 1. The van der Waals surface area contributed by atoms with Gasteiger partial charge in [-0.1, -0.05) is 27.7 Å². The van der Waals surface area contributed by atoms with Crippen LogP contribution in [0, 0.1) is 17.6 Å². The number of ketones is 1. The molecule has 0 aromatic heterocycles. The Kier molecular flexibility index (Phi) is 8.85. The second kappa shape index (κ2) is 10.4. The van der Waals surface area contributed by atoms with Gasteiger partial charge in [0.25, 0.3) is 0 Å². The minimum absolute atomic E-state index is 0.0276. The average molecular weight is 344 g/mol. The van der Waals surface area contributed by atoms with Crippen LogP contribution in [0.15, 0.2) is 12.1 Å². The van der Waals surface area contributed by atoms with Gasteiger partial charge in [-0.3, -0.25) is 4.79 Å². The topological polar surface area (TPSA) is 44.8 Å². The van der Waals surface area contributed by atoms with Gasteiger partial charge in [0.2, 0.25) is 0 Å². The highest BCUT2D eigenvalue weighted by Gasteiger charge is 2.14. The van der Waals surface area contributed by atoms with Gasteiger partial charge < -0.3 is 14.2 Å². The van der Waals surface area contributed by atoms with E-state index in [1.54, 1.807) is 0 Å². The summed E-state index contributed by atoms with van der Waals surface area (Å²) in [7, 11) is 0. The Hall–Kier alpha value is -1.53. The minimum atomic E-state index is -0.714. The molecule has 6 heteroatoms. The van der Waals surface area contributed by atoms with Crippen molar-refractivity contribution in [3.63, 3.8) is 0 Å². The van der Waals surface area contributed by atoms with Crippen LogP contribution in [0.5, 0.6) is 5.75 Å².